The van der Waals surface area contributed by atoms with Crippen LogP contribution >= 0.6 is 0 Å². The molecule has 130 valence electrons. The molecule has 0 aliphatic carbocycles. The Morgan fingerprint density at radius 3 is 2.91 bits per heavy atom. The third-order valence-corrected chi connectivity index (χ3v) is 3.98. The second kappa shape index (κ2) is 8.40. The smallest absolute Gasteiger partial charge is 0.225 e. The predicted octanol–water partition coefficient (Wildman–Crippen LogP) is 1.56. The van der Waals surface area contributed by atoms with Gasteiger partial charge in [-0.2, -0.15) is 0 Å². The first-order valence-corrected chi connectivity index (χ1v) is 8.32. The lowest BCUT2D eigenvalue weighted by Gasteiger charge is -2.32. The first kappa shape index (κ1) is 17.9. The summed E-state index contributed by atoms with van der Waals surface area (Å²) in [4.78, 5) is 14.2. The third kappa shape index (κ3) is 5.28. The average molecular weight is 324 g/mol. The maximum atomic E-state index is 12.3. The Hall–Kier alpha value is -1.47. The van der Waals surface area contributed by atoms with Gasteiger partial charge in [-0.1, -0.05) is 13.8 Å². The zero-order valence-corrected chi connectivity index (χ0v) is 14.6. The molecular weight excluding hydrogens is 296 g/mol. The molecule has 0 unspecified atom stereocenters. The van der Waals surface area contributed by atoms with E-state index in [0.717, 1.165) is 12.2 Å². The predicted molar refractivity (Wildman–Crippen MR) is 85.8 cm³/mol. The van der Waals surface area contributed by atoms with Crippen molar-refractivity contribution in [3.8, 4) is 0 Å². The summed E-state index contributed by atoms with van der Waals surface area (Å²) in [6.07, 6.45) is 3.05. The summed E-state index contributed by atoms with van der Waals surface area (Å²) < 4.78 is 13.3. The van der Waals surface area contributed by atoms with E-state index >= 15 is 0 Å². The van der Waals surface area contributed by atoms with Gasteiger partial charge in [-0.15, -0.1) is 10.2 Å². The molecule has 0 saturated carbocycles. The van der Waals surface area contributed by atoms with Gasteiger partial charge in [0.05, 0.1) is 32.3 Å². The van der Waals surface area contributed by atoms with E-state index in [1.165, 1.54) is 0 Å². The standard InChI is InChI=1S/C16H28N4O3/c1-12(2)9-13(3)22-7-5-15(21)20-6-8-23-14(10-20)16-18-17-11-19(16)4/h11-14H,5-10H2,1-4H3/t13-,14+/m0/s1. The molecule has 1 aliphatic rings. The number of hydrogen-bond acceptors (Lipinski definition) is 5. The quantitative estimate of drug-likeness (QED) is 0.761. The summed E-state index contributed by atoms with van der Waals surface area (Å²) in [5.74, 6) is 1.47. The molecule has 2 atom stereocenters. The first-order valence-electron chi connectivity index (χ1n) is 8.32. The maximum absolute atomic E-state index is 12.3. The molecule has 0 radical (unpaired) electrons. The number of amides is 1. The first-order chi connectivity index (χ1) is 11.0. The Kier molecular flexibility index (Phi) is 6.53. The van der Waals surface area contributed by atoms with Gasteiger partial charge < -0.3 is 18.9 Å². The van der Waals surface area contributed by atoms with Crippen molar-refractivity contribution in [1.29, 1.82) is 0 Å². The van der Waals surface area contributed by atoms with E-state index in [1.54, 1.807) is 6.33 Å². The number of aromatic nitrogens is 3. The molecule has 0 bridgehead atoms. The molecule has 1 aromatic heterocycles. The largest absolute Gasteiger partial charge is 0.378 e. The highest BCUT2D eigenvalue weighted by molar-refractivity contribution is 5.76. The molecule has 7 heteroatoms. The van der Waals surface area contributed by atoms with E-state index in [0.29, 0.717) is 38.6 Å². The molecule has 23 heavy (non-hydrogen) atoms. The molecule has 7 nitrogen and oxygen atoms in total. The van der Waals surface area contributed by atoms with Crippen LogP contribution in [0.2, 0.25) is 0 Å². The van der Waals surface area contributed by atoms with Gasteiger partial charge in [0.15, 0.2) is 5.82 Å². The van der Waals surface area contributed by atoms with Gasteiger partial charge in [0.1, 0.15) is 12.4 Å². The van der Waals surface area contributed by atoms with Crippen LogP contribution in [0, 0.1) is 5.92 Å². The monoisotopic (exact) mass is 324 g/mol. The summed E-state index contributed by atoms with van der Waals surface area (Å²) in [5, 5.41) is 7.94. The minimum Gasteiger partial charge on any atom is -0.378 e. The SMILES string of the molecule is CC(C)C[C@H](C)OCCC(=O)N1CCO[C@@H](c2nncn2C)C1. The van der Waals surface area contributed by atoms with Crippen molar-refractivity contribution in [2.45, 2.75) is 45.8 Å². The van der Waals surface area contributed by atoms with Crippen LogP contribution in [0.3, 0.4) is 0 Å². The van der Waals surface area contributed by atoms with Crippen molar-refractivity contribution in [2.24, 2.45) is 13.0 Å². The number of nitrogens with zero attached hydrogens (tertiary/aromatic N) is 4. The fourth-order valence-electron chi connectivity index (χ4n) is 2.85. The van der Waals surface area contributed by atoms with Gasteiger partial charge in [0, 0.05) is 13.6 Å². The van der Waals surface area contributed by atoms with E-state index in [4.69, 9.17) is 9.47 Å². The molecule has 0 spiro atoms. The Bertz CT molecular complexity index is 503. The van der Waals surface area contributed by atoms with Crippen molar-refractivity contribution in [2.75, 3.05) is 26.3 Å². The molecular formula is C16H28N4O3. The summed E-state index contributed by atoms with van der Waals surface area (Å²) in [7, 11) is 1.88. The fraction of sp³-hybridized carbons (Fsp3) is 0.812. The van der Waals surface area contributed by atoms with E-state index in [9.17, 15) is 4.79 Å². The highest BCUT2D eigenvalue weighted by Crippen LogP contribution is 2.20. The highest BCUT2D eigenvalue weighted by atomic mass is 16.5. The van der Waals surface area contributed by atoms with Crippen LogP contribution in [0.15, 0.2) is 6.33 Å². The number of rotatable bonds is 7. The van der Waals surface area contributed by atoms with Crippen LogP contribution in [0.1, 0.15) is 45.5 Å². The van der Waals surface area contributed by atoms with Gasteiger partial charge in [0.2, 0.25) is 5.91 Å². The maximum Gasteiger partial charge on any atom is 0.225 e. The van der Waals surface area contributed by atoms with Crippen molar-refractivity contribution < 1.29 is 14.3 Å². The summed E-state index contributed by atoms with van der Waals surface area (Å²) in [6, 6.07) is 0. The minimum atomic E-state index is -0.207. The number of carbonyl (C=O) groups is 1. The van der Waals surface area contributed by atoms with Gasteiger partial charge in [-0.25, -0.2) is 0 Å². The Labute approximate surface area is 138 Å². The van der Waals surface area contributed by atoms with Gasteiger partial charge >= 0.3 is 0 Å². The van der Waals surface area contributed by atoms with Gasteiger partial charge in [-0.05, 0) is 19.3 Å². The molecule has 0 aromatic carbocycles. The normalized spacial score (nSPS) is 20.0. The average Bonchev–Trinajstić information content (AvgIpc) is 2.92. The lowest BCUT2D eigenvalue weighted by atomic mass is 10.1. The summed E-state index contributed by atoms with van der Waals surface area (Å²) in [5.41, 5.74) is 0. The van der Waals surface area contributed by atoms with E-state index in [-0.39, 0.29) is 18.1 Å². The number of carbonyl (C=O) groups excluding carboxylic acids is 1. The Morgan fingerprint density at radius 1 is 1.48 bits per heavy atom. The fourth-order valence-corrected chi connectivity index (χ4v) is 2.85. The molecule has 1 aromatic rings. The van der Waals surface area contributed by atoms with Gasteiger partial charge in [0.25, 0.3) is 0 Å². The second-order valence-electron chi connectivity index (χ2n) is 6.56. The van der Waals surface area contributed by atoms with Crippen LogP contribution in [0.4, 0.5) is 0 Å². The van der Waals surface area contributed by atoms with Crippen molar-refractivity contribution in [3.05, 3.63) is 12.2 Å². The zero-order chi connectivity index (χ0) is 16.8. The topological polar surface area (TPSA) is 69.5 Å². The molecule has 0 N–H and O–H groups in total. The molecule has 1 amide bonds. The summed E-state index contributed by atoms with van der Waals surface area (Å²) in [6.45, 7) is 8.54. The summed E-state index contributed by atoms with van der Waals surface area (Å²) >= 11 is 0. The lowest BCUT2D eigenvalue weighted by Crippen LogP contribution is -2.43. The highest BCUT2D eigenvalue weighted by Gasteiger charge is 2.28. The number of hydrogen-bond donors (Lipinski definition) is 0. The number of morpholine rings is 1. The van der Waals surface area contributed by atoms with E-state index in [1.807, 2.05) is 16.5 Å². The number of aryl methyl sites for hydroxylation is 1. The molecule has 1 aliphatic heterocycles. The second-order valence-corrected chi connectivity index (χ2v) is 6.56. The molecule has 2 rings (SSSR count). The van der Waals surface area contributed by atoms with Crippen LogP contribution in [-0.2, 0) is 21.3 Å². The van der Waals surface area contributed by atoms with Crippen molar-refractivity contribution >= 4 is 5.91 Å². The molecule has 1 fully saturated rings. The Morgan fingerprint density at radius 2 is 2.26 bits per heavy atom. The number of ether oxygens (including phenoxy) is 2. The zero-order valence-electron chi connectivity index (χ0n) is 14.6. The van der Waals surface area contributed by atoms with Crippen molar-refractivity contribution in [3.63, 3.8) is 0 Å². The lowest BCUT2D eigenvalue weighted by molar-refractivity contribution is -0.141. The minimum absolute atomic E-state index is 0.109. The van der Waals surface area contributed by atoms with Crippen LogP contribution in [-0.4, -0.2) is 58.0 Å². The molecule has 2 heterocycles. The van der Waals surface area contributed by atoms with Crippen LogP contribution in [0.5, 0.6) is 0 Å². The van der Waals surface area contributed by atoms with Crippen LogP contribution in [0.25, 0.3) is 0 Å². The van der Waals surface area contributed by atoms with Gasteiger partial charge in [-0.3, -0.25) is 4.79 Å². The van der Waals surface area contributed by atoms with Crippen molar-refractivity contribution in [1.82, 2.24) is 19.7 Å². The van der Waals surface area contributed by atoms with E-state index in [2.05, 4.69) is 31.0 Å². The molecule has 1 saturated heterocycles. The third-order valence-electron chi connectivity index (χ3n) is 3.98. The Balaban J connectivity index is 1.77. The van der Waals surface area contributed by atoms with E-state index < -0.39 is 0 Å². The van der Waals surface area contributed by atoms with Crippen LogP contribution < -0.4 is 0 Å².